The average Bonchev–Trinajstić information content (AvgIpc) is 2.96. The molecule has 5 nitrogen and oxygen atoms in total. The molecule has 0 radical (unpaired) electrons. The molecule has 3 amide bonds. The second-order valence-electron chi connectivity index (χ2n) is 6.03. The van der Waals surface area contributed by atoms with Crippen molar-refractivity contribution in [2.45, 2.75) is 25.8 Å². The number of rotatable bonds is 4. The summed E-state index contributed by atoms with van der Waals surface area (Å²) >= 11 is 5.88. The van der Waals surface area contributed by atoms with E-state index in [0.717, 1.165) is 17.8 Å². The molecule has 0 aliphatic carbocycles. The van der Waals surface area contributed by atoms with Gasteiger partial charge in [-0.15, -0.1) is 0 Å². The summed E-state index contributed by atoms with van der Waals surface area (Å²) in [6, 6.07) is 14.3. The van der Waals surface area contributed by atoms with Crippen LogP contribution in [-0.4, -0.2) is 24.5 Å². The largest absolute Gasteiger partial charge is 0.333 e. The summed E-state index contributed by atoms with van der Waals surface area (Å²) < 4.78 is 0. The summed E-state index contributed by atoms with van der Waals surface area (Å²) in [6.07, 6.45) is 1.24. The van der Waals surface area contributed by atoms with E-state index in [2.05, 4.69) is 17.6 Å². The first-order chi connectivity index (χ1) is 12.0. The molecule has 6 heteroatoms. The monoisotopic (exact) mass is 357 g/mol. The van der Waals surface area contributed by atoms with Crippen LogP contribution < -0.4 is 15.5 Å². The van der Waals surface area contributed by atoms with Crippen molar-refractivity contribution in [3.63, 3.8) is 0 Å². The third-order valence-electron chi connectivity index (χ3n) is 4.22. The van der Waals surface area contributed by atoms with E-state index in [-0.39, 0.29) is 24.4 Å². The molecule has 1 saturated heterocycles. The maximum absolute atomic E-state index is 12.2. The Morgan fingerprint density at radius 2 is 1.84 bits per heavy atom. The van der Waals surface area contributed by atoms with E-state index in [9.17, 15) is 9.59 Å². The molecule has 2 aromatic carbocycles. The normalized spacial score (nSPS) is 16.8. The van der Waals surface area contributed by atoms with Crippen LogP contribution in [0.3, 0.4) is 0 Å². The Labute approximate surface area is 152 Å². The molecule has 1 heterocycles. The summed E-state index contributed by atoms with van der Waals surface area (Å²) in [5, 5.41) is 6.28. The summed E-state index contributed by atoms with van der Waals surface area (Å²) in [7, 11) is 0. The van der Waals surface area contributed by atoms with Gasteiger partial charge in [-0.3, -0.25) is 4.79 Å². The first-order valence-electron chi connectivity index (χ1n) is 8.27. The van der Waals surface area contributed by atoms with E-state index in [1.807, 2.05) is 24.3 Å². The highest BCUT2D eigenvalue weighted by Crippen LogP contribution is 2.23. The number of halogens is 1. The van der Waals surface area contributed by atoms with Gasteiger partial charge >= 0.3 is 6.03 Å². The zero-order valence-electron chi connectivity index (χ0n) is 14.0. The number of carbonyl (C=O) groups is 2. The fourth-order valence-electron chi connectivity index (χ4n) is 2.85. The number of hydrogen-bond donors (Lipinski definition) is 2. The minimum atomic E-state index is -0.306. The lowest BCUT2D eigenvalue weighted by molar-refractivity contribution is -0.117. The Morgan fingerprint density at radius 1 is 1.16 bits per heavy atom. The quantitative estimate of drug-likeness (QED) is 0.873. The van der Waals surface area contributed by atoms with Crippen LogP contribution in [0.5, 0.6) is 0 Å². The van der Waals surface area contributed by atoms with Crippen LogP contribution in [0.15, 0.2) is 48.5 Å². The molecule has 0 aromatic heterocycles. The molecule has 0 bridgehead atoms. The maximum atomic E-state index is 12.2. The molecular weight excluding hydrogens is 338 g/mol. The molecule has 0 spiro atoms. The van der Waals surface area contributed by atoms with E-state index in [1.54, 1.807) is 29.2 Å². The zero-order chi connectivity index (χ0) is 17.8. The molecule has 25 heavy (non-hydrogen) atoms. The van der Waals surface area contributed by atoms with E-state index < -0.39 is 0 Å². The van der Waals surface area contributed by atoms with Crippen molar-refractivity contribution in [2.24, 2.45) is 0 Å². The maximum Gasteiger partial charge on any atom is 0.319 e. The first-order valence-corrected chi connectivity index (χ1v) is 8.65. The molecule has 1 atom stereocenters. The SMILES string of the molecule is CCc1ccc(NC(=O)N[C@H]2CC(=O)N(c3ccc(Cl)cc3)C2)cc1. The van der Waals surface area contributed by atoms with Gasteiger partial charge in [0, 0.05) is 29.4 Å². The summed E-state index contributed by atoms with van der Waals surface area (Å²) in [6.45, 7) is 2.53. The van der Waals surface area contributed by atoms with Gasteiger partial charge in [0.25, 0.3) is 0 Å². The number of nitrogens with zero attached hydrogens (tertiary/aromatic N) is 1. The Kier molecular flexibility index (Phi) is 5.24. The minimum absolute atomic E-state index is 0.0140. The van der Waals surface area contributed by atoms with E-state index >= 15 is 0 Å². The third kappa shape index (κ3) is 4.31. The van der Waals surface area contributed by atoms with Gasteiger partial charge in [0.1, 0.15) is 0 Å². The highest BCUT2D eigenvalue weighted by molar-refractivity contribution is 6.30. The number of amides is 3. The lowest BCUT2D eigenvalue weighted by Gasteiger charge is -2.17. The second kappa shape index (κ2) is 7.57. The van der Waals surface area contributed by atoms with Gasteiger partial charge in [-0.25, -0.2) is 4.79 Å². The van der Waals surface area contributed by atoms with Gasteiger partial charge in [-0.05, 0) is 48.4 Å². The van der Waals surface area contributed by atoms with Crippen LogP contribution >= 0.6 is 11.6 Å². The van der Waals surface area contributed by atoms with Crippen molar-refractivity contribution in [1.82, 2.24) is 5.32 Å². The van der Waals surface area contributed by atoms with Gasteiger partial charge < -0.3 is 15.5 Å². The Bertz CT molecular complexity index is 759. The minimum Gasteiger partial charge on any atom is -0.333 e. The predicted molar refractivity (Wildman–Crippen MR) is 100 cm³/mol. The fourth-order valence-corrected chi connectivity index (χ4v) is 2.98. The molecule has 0 saturated carbocycles. The second-order valence-corrected chi connectivity index (χ2v) is 6.47. The number of nitrogens with one attached hydrogen (secondary N) is 2. The molecule has 2 aromatic rings. The molecule has 1 aliphatic rings. The highest BCUT2D eigenvalue weighted by Gasteiger charge is 2.31. The van der Waals surface area contributed by atoms with Crippen LogP contribution in [0.25, 0.3) is 0 Å². The number of aryl methyl sites for hydroxylation is 1. The molecule has 0 unspecified atom stereocenters. The predicted octanol–water partition coefficient (Wildman–Crippen LogP) is 3.83. The Hall–Kier alpha value is -2.53. The number of carbonyl (C=O) groups excluding carboxylic acids is 2. The van der Waals surface area contributed by atoms with Crippen molar-refractivity contribution < 1.29 is 9.59 Å². The number of benzene rings is 2. The van der Waals surface area contributed by atoms with Crippen molar-refractivity contribution in [1.29, 1.82) is 0 Å². The molecule has 130 valence electrons. The summed E-state index contributed by atoms with van der Waals surface area (Å²) in [5.74, 6) is -0.0140. The molecular formula is C19H20ClN3O2. The van der Waals surface area contributed by atoms with Crippen molar-refractivity contribution in [3.05, 3.63) is 59.1 Å². The molecule has 1 fully saturated rings. The van der Waals surface area contributed by atoms with Crippen LogP contribution in [-0.2, 0) is 11.2 Å². The van der Waals surface area contributed by atoms with Gasteiger partial charge in [0.05, 0.1) is 6.04 Å². The number of urea groups is 1. The van der Waals surface area contributed by atoms with Gasteiger partial charge in [-0.2, -0.15) is 0 Å². The molecule has 2 N–H and O–H groups in total. The standard InChI is InChI=1S/C19H20ClN3O2/c1-2-13-3-7-15(8-4-13)21-19(25)22-16-11-18(24)23(12-16)17-9-5-14(20)6-10-17/h3-10,16H,2,11-12H2,1H3,(H2,21,22,25)/t16-/m0/s1. The third-order valence-corrected chi connectivity index (χ3v) is 4.47. The summed E-state index contributed by atoms with van der Waals surface area (Å²) in [4.78, 5) is 26.0. The molecule has 1 aliphatic heterocycles. The lowest BCUT2D eigenvalue weighted by atomic mass is 10.1. The van der Waals surface area contributed by atoms with Crippen LogP contribution in [0.2, 0.25) is 5.02 Å². The lowest BCUT2D eigenvalue weighted by Crippen LogP contribution is -2.39. The molecule has 3 rings (SSSR count). The van der Waals surface area contributed by atoms with Gasteiger partial charge in [0.2, 0.25) is 5.91 Å². The Balaban J connectivity index is 1.57. The Morgan fingerprint density at radius 3 is 2.48 bits per heavy atom. The number of hydrogen-bond acceptors (Lipinski definition) is 2. The van der Waals surface area contributed by atoms with Crippen LogP contribution in [0.4, 0.5) is 16.2 Å². The zero-order valence-corrected chi connectivity index (χ0v) is 14.7. The topological polar surface area (TPSA) is 61.4 Å². The summed E-state index contributed by atoms with van der Waals surface area (Å²) in [5.41, 5.74) is 2.73. The van der Waals surface area contributed by atoms with Crippen LogP contribution in [0.1, 0.15) is 18.9 Å². The van der Waals surface area contributed by atoms with Crippen molar-refractivity contribution in [2.75, 3.05) is 16.8 Å². The van der Waals surface area contributed by atoms with Gasteiger partial charge in [0.15, 0.2) is 0 Å². The average molecular weight is 358 g/mol. The van der Waals surface area contributed by atoms with E-state index in [0.29, 0.717) is 11.6 Å². The smallest absolute Gasteiger partial charge is 0.319 e. The van der Waals surface area contributed by atoms with Crippen molar-refractivity contribution in [3.8, 4) is 0 Å². The van der Waals surface area contributed by atoms with E-state index in [4.69, 9.17) is 11.6 Å². The van der Waals surface area contributed by atoms with Gasteiger partial charge in [-0.1, -0.05) is 30.7 Å². The highest BCUT2D eigenvalue weighted by atomic mass is 35.5. The van der Waals surface area contributed by atoms with Crippen molar-refractivity contribution >= 4 is 34.9 Å². The first kappa shape index (κ1) is 17.3. The fraction of sp³-hybridized carbons (Fsp3) is 0.263. The van der Waals surface area contributed by atoms with E-state index in [1.165, 1.54) is 5.56 Å². The van der Waals surface area contributed by atoms with Crippen LogP contribution in [0, 0.1) is 0 Å². The number of anilines is 2.